The minimum absolute atomic E-state index is 0.0306. The van der Waals surface area contributed by atoms with Gasteiger partial charge in [0.1, 0.15) is 5.75 Å². The zero-order valence-electron chi connectivity index (χ0n) is 9.89. The van der Waals surface area contributed by atoms with E-state index in [9.17, 15) is 0 Å². The fraction of sp³-hybridized carbons (Fsp3) is 0.583. The average molecular weight is 239 g/mol. The molecule has 0 spiro atoms. The van der Waals surface area contributed by atoms with Crippen LogP contribution in [0.15, 0.2) is 18.3 Å². The third-order valence-corrected chi connectivity index (χ3v) is 2.66. The molecule has 5 heteroatoms. The zero-order valence-corrected chi connectivity index (χ0v) is 9.89. The van der Waals surface area contributed by atoms with E-state index >= 15 is 0 Å². The van der Waals surface area contributed by atoms with Gasteiger partial charge in [0.25, 0.3) is 0 Å². The van der Waals surface area contributed by atoms with Crippen LogP contribution in [0.3, 0.4) is 0 Å². The SMILES string of the molecule is CC1(CCCOc2ccnc(O)c2)OCCO1. The first-order valence-electron chi connectivity index (χ1n) is 5.74. The van der Waals surface area contributed by atoms with Crippen molar-refractivity contribution in [1.82, 2.24) is 4.98 Å². The van der Waals surface area contributed by atoms with Gasteiger partial charge in [-0.1, -0.05) is 0 Å². The maximum absolute atomic E-state index is 9.15. The monoisotopic (exact) mass is 239 g/mol. The van der Waals surface area contributed by atoms with Crippen molar-refractivity contribution in [2.75, 3.05) is 19.8 Å². The maximum Gasteiger partial charge on any atom is 0.214 e. The fourth-order valence-corrected chi connectivity index (χ4v) is 1.77. The highest BCUT2D eigenvalue weighted by molar-refractivity contribution is 5.24. The molecule has 0 unspecified atom stereocenters. The summed E-state index contributed by atoms with van der Waals surface area (Å²) in [4.78, 5) is 3.68. The molecule has 0 amide bonds. The number of hydrogen-bond acceptors (Lipinski definition) is 5. The van der Waals surface area contributed by atoms with E-state index in [4.69, 9.17) is 19.3 Å². The van der Waals surface area contributed by atoms with Crippen molar-refractivity contribution in [3.63, 3.8) is 0 Å². The minimum Gasteiger partial charge on any atom is -0.493 e. The maximum atomic E-state index is 9.15. The molecule has 2 rings (SSSR count). The van der Waals surface area contributed by atoms with E-state index in [1.54, 1.807) is 6.07 Å². The molecule has 0 saturated carbocycles. The molecule has 5 nitrogen and oxygen atoms in total. The number of pyridine rings is 1. The summed E-state index contributed by atoms with van der Waals surface area (Å²) in [5.41, 5.74) is 0. The van der Waals surface area contributed by atoms with E-state index in [-0.39, 0.29) is 5.88 Å². The van der Waals surface area contributed by atoms with Crippen LogP contribution >= 0.6 is 0 Å². The van der Waals surface area contributed by atoms with E-state index in [1.165, 1.54) is 12.3 Å². The Balaban J connectivity index is 1.69. The van der Waals surface area contributed by atoms with Crippen molar-refractivity contribution in [1.29, 1.82) is 0 Å². The van der Waals surface area contributed by atoms with Crippen LogP contribution < -0.4 is 4.74 Å². The largest absolute Gasteiger partial charge is 0.493 e. The lowest BCUT2D eigenvalue weighted by molar-refractivity contribution is -0.148. The third kappa shape index (κ3) is 3.57. The summed E-state index contributed by atoms with van der Waals surface area (Å²) < 4.78 is 16.4. The van der Waals surface area contributed by atoms with Crippen molar-refractivity contribution in [2.45, 2.75) is 25.6 Å². The Kier molecular flexibility index (Phi) is 3.81. The van der Waals surface area contributed by atoms with Gasteiger partial charge in [-0.25, -0.2) is 4.98 Å². The Morgan fingerprint density at radius 1 is 1.47 bits per heavy atom. The van der Waals surface area contributed by atoms with E-state index in [1.807, 2.05) is 6.92 Å². The Morgan fingerprint density at radius 3 is 2.94 bits per heavy atom. The van der Waals surface area contributed by atoms with Gasteiger partial charge in [-0.15, -0.1) is 0 Å². The lowest BCUT2D eigenvalue weighted by Crippen LogP contribution is -2.25. The Hall–Kier alpha value is -1.33. The smallest absolute Gasteiger partial charge is 0.214 e. The van der Waals surface area contributed by atoms with Gasteiger partial charge in [0.05, 0.1) is 19.8 Å². The van der Waals surface area contributed by atoms with Gasteiger partial charge >= 0.3 is 0 Å². The average Bonchev–Trinajstić information content (AvgIpc) is 2.72. The van der Waals surface area contributed by atoms with Crippen molar-refractivity contribution in [3.05, 3.63) is 18.3 Å². The molecule has 0 radical (unpaired) electrons. The molecular formula is C12H17NO4. The Morgan fingerprint density at radius 2 is 2.24 bits per heavy atom. The van der Waals surface area contributed by atoms with Crippen molar-refractivity contribution >= 4 is 0 Å². The predicted molar refractivity (Wildman–Crippen MR) is 60.9 cm³/mol. The Labute approximate surface area is 100 Å². The minimum atomic E-state index is -0.455. The quantitative estimate of drug-likeness (QED) is 0.792. The normalized spacial score (nSPS) is 18.2. The van der Waals surface area contributed by atoms with Crippen LogP contribution in [-0.4, -0.2) is 35.7 Å². The van der Waals surface area contributed by atoms with Gasteiger partial charge in [-0.3, -0.25) is 0 Å². The van der Waals surface area contributed by atoms with Crippen molar-refractivity contribution in [2.24, 2.45) is 0 Å². The van der Waals surface area contributed by atoms with Crippen molar-refractivity contribution < 1.29 is 19.3 Å². The molecule has 0 atom stereocenters. The molecule has 0 bridgehead atoms. The summed E-state index contributed by atoms with van der Waals surface area (Å²) in [6.07, 6.45) is 3.14. The molecule has 1 aliphatic heterocycles. The first-order chi connectivity index (χ1) is 8.18. The molecule has 1 fully saturated rings. The second-order valence-electron chi connectivity index (χ2n) is 4.13. The molecule has 1 aromatic heterocycles. The molecule has 1 aliphatic rings. The van der Waals surface area contributed by atoms with Crippen LogP contribution in [0.2, 0.25) is 0 Å². The lowest BCUT2D eigenvalue weighted by Gasteiger charge is -2.21. The molecule has 1 N–H and O–H groups in total. The van der Waals surface area contributed by atoms with Gasteiger partial charge in [-0.2, -0.15) is 0 Å². The highest BCUT2D eigenvalue weighted by atomic mass is 16.7. The first-order valence-corrected chi connectivity index (χ1v) is 5.74. The van der Waals surface area contributed by atoms with Crippen LogP contribution in [0.1, 0.15) is 19.8 Å². The summed E-state index contributed by atoms with van der Waals surface area (Å²) in [7, 11) is 0. The number of rotatable bonds is 5. The van der Waals surface area contributed by atoms with Crippen LogP contribution in [-0.2, 0) is 9.47 Å². The highest BCUT2D eigenvalue weighted by Gasteiger charge is 2.29. The van der Waals surface area contributed by atoms with Crippen LogP contribution in [0, 0.1) is 0 Å². The Bertz CT molecular complexity index is 363. The standard InChI is InChI=1S/C12H17NO4/c1-12(16-7-8-17-12)4-2-6-15-10-3-5-13-11(14)9-10/h3,5,9H,2,4,6-8H2,1H3,(H,13,14). The zero-order chi connectivity index (χ0) is 12.1. The van der Waals surface area contributed by atoms with Crippen molar-refractivity contribution in [3.8, 4) is 11.6 Å². The molecule has 2 heterocycles. The third-order valence-electron chi connectivity index (χ3n) is 2.66. The van der Waals surface area contributed by atoms with Gasteiger partial charge < -0.3 is 19.3 Å². The molecule has 17 heavy (non-hydrogen) atoms. The summed E-state index contributed by atoms with van der Waals surface area (Å²) in [5.74, 6) is 0.136. The molecule has 0 aliphatic carbocycles. The molecule has 94 valence electrons. The summed E-state index contributed by atoms with van der Waals surface area (Å²) >= 11 is 0. The van der Waals surface area contributed by atoms with Crippen LogP contribution in [0.5, 0.6) is 11.6 Å². The second-order valence-corrected chi connectivity index (χ2v) is 4.13. The molecular weight excluding hydrogens is 222 g/mol. The van der Waals surface area contributed by atoms with Crippen LogP contribution in [0.25, 0.3) is 0 Å². The predicted octanol–water partition coefficient (Wildman–Crippen LogP) is 1.71. The number of hydrogen-bond donors (Lipinski definition) is 1. The topological polar surface area (TPSA) is 60.8 Å². The number of aromatic nitrogens is 1. The number of ether oxygens (including phenoxy) is 3. The molecule has 1 saturated heterocycles. The summed E-state index contributed by atoms with van der Waals surface area (Å²) in [6, 6.07) is 3.20. The summed E-state index contributed by atoms with van der Waals surface area (Å²) in [5, 5.41) is 9.15. The lowest BCUT2D eigenvalue weighted by atomic mass is 10.2. The molecule has 1 aromatic rings. The van der Waals surface area contributed by atoms with E-state index in [2.05, 4.69) is 4.98 Å². The van der Waals surface area contributed by atoms with E-state index < -0.39 is 5.79 Å². The van der Waals surface area contributed by atoms with E-state index in [0.717, 1.165) is 12.8 Å². The molecule has 0 aromatic carbocycles. The summed E-state index contributed by atoms with van der Waals surface area (Å²) in [6.45, 7) is 3.83. The van der Waals surface area contributed by atoms with E-state index in [0.29, 0.717) is 25.6 Å². The van der Waals surface area contributed by atoms with Gasteiger partial charge in [0, 0.05) is 18.7 Å². The first kappa shape index (κ1) is 12.1. The highest BCUT2D eigenvalue weighted by Crippen LogP contribution is 2.24. The number of nitrogens with zero attached hydrogens (tertiary/aromatic N) is 1. The number of aromatic hydroxyl groups is 1. The van der Waals surface area contributed by atoms with Gasteiger partial charge in [0.2, 0.25) is 5.88 Å². The van der Waals surface area contributed by atoms with Gasteiger partial charge in [-0.05, 0) is 19.4 Å². The van der Waals surface area contributed by atoms with Crippen LogP contribution in [0.4, 0.5) is 0 Å². The fourth-order valence-electron chi connectivity index (χ4n) is 1.77. The second kappa shape index (κ2) is 5.33. The van der Waals surface area contributed by atoms with Gasteiger partial charge in [0.15, 0.2) is 5.79 Å².